The molecule has 5 rings (SSSR count). The van der Waals surface area contributed by atoms with Crippen molar-refractivity contribution in [1.82, 2.24) is 9.88 Å². The fourth-order valence-electron chi connectivity index (χ4n) is 4.40. The highest BCUT2D eigenvalue weighted by molar-refractivity contribution is 6.10. The van der Waals surface area contributed by atoms with Crippen LogP contribution in [0.1, 0.15) is 29.2 Å². The molecule has 2 atom stereocenters. The number of carbonyl (C=O) groups excluding carboxylic acids is 2. The molecule has 124 valence electrons. The van der Waals surface area contributed by atoms with Gasteiger partial charge in [0.05, 0.1) is 18.4 Å². The van der Waals surface area contributed by atoms with Gasteiger partial charge in [0.1, 0.15) is 0 Å². The molecule has 3 aromatic rings. The van der Waals surface area contributed by atoms with E-state index < -0.39 is 0 Å². The summed E-state index contributed by atoms with van der Waals surface area (Å²) in [5.74, 6) is -0.627. The molecule has 1 N–H and O–H groups in total. The first-order chi connectivity index (χ1) is 12.2. The molecule has 0 radical (unpaired) electrons. The Balaban J connectivity index is 1.58. The van der Waals surface area contributed by atoms with Gasteiger partial charge >= 0.3 is 0 Å². The largest absolute Gasteiger partial charge is 0.358 e. The monoisotopic (exact) mass is 330 g/mol. The van der Waals surface area contributed by atoms with Crippen LogP contribution in [0.5, 0.6) is 0 Å². The number of likely N-dealkylation sites (tertiary alicyclic amines) is 1. The van der Waals surface area contributed by atoms with Gasteiger partial charge in [0.25, 0.3) is 0 Å². The third-order valence-corrected chi connectivity index (χ3v) is 5.55. The van der Waals surface area contributed by atoms with E-state index in [1.54, 1.807) is 0 Å². The Labute approximate surface area is 145 Å². The van der Waals surface area contributed by atoms with Crippen molar-refractivity contribution in [3.63, 3.8) is 0 Å². The van der Waals surface area contributed by atoms with E-state index in [1.165, 1.54) is 4.90 Å². The summed E-state index contributed by atoms with van der Waals surface area (Å²) in [6.45, 7) is 0.364. The summed E-state index contributed by atoms with van der Waals surface area (Å²) < 4.78 is 0. The molecule has 0 bridgehead atoms. The zero-order chi connectivity index (χ0) is 17.0. The smallest absolute Gasteiger partial charge is 0.237 e. The number of benzene rings is 2. The highest BCUT2D eigenvalue weighted by atomic mass is 16.2. The number of carbonyl (C=O) groups is 2. The Kier molecular flexibility index (Phi) is 3.07. The SMILES string of the molecule is O=C1[C@H]2CCc3[nH]c4ccccc4c3[C@H]2C(=O)N1Cc1ccccc1. The van der Waals surface area contributed by atoms with Crippen LogP contribution >= 0.6 is 0 Å². The second-order valence-corrected chi connectivity index (χ2v) is 6.93. The molecule has 2 heterocycles. The van der Waals surface area contributed by atoms with E-state index in [2.05, 4.69) is 4.98 Å². The number of rotatable bonds is 2. The molecule has 1 fully saturated rings. The maximum absolute atomic E-state index is 13.2. The van der Waals surface area contributed by atoms with Crippen LogP contribution < -0.4 is 0 Å². The lowest BCUT2D eigenvalue weighted by Crippen LogP contribution is -2.30. The molecule has 4 heteroatoms. The van der Waals surface area contributed by atoms with E-state index in [0.717, 1.165) is 40.6 Å². The minimum Gasteiger partial charge on any atom is -0.358 e. The van der Waals surface area contributed by atoms with Crippen molar-refractivity contribution in [3.05, 3.63) is 71.4 Å². The first-order valence-electron chi connectivity index (χ1n) is 8.72. The van der Waals surface area contributed by atoms with Crippen molar-refractivity contribution in [1.29, 1.82) is 0 Å². The zero-order valence-electron chi connectivity index (χ0n) is 13.7. The molecule has 0 unspecified atom stereocenters. The maximum atomic E-state index is 13.2. The Bertz CT molecular complexity index is 990. The molecule has 1 aliphatic carbocycles. The van der Waals surface area contributed by atoms with Crippen LogP contribution in [0.4, 0.5) is 0 Å². The van der Waals surface area contributed by atoms with Gasteiger partial charge in [0, 0.05) is 16.6 Å². The van der Waals surface area contributed by atoms with Gasteiger partial charge in [-0.05, 0) is 30.0 Å². The lowest BCUT2D eigenvalue weighted by Gasteiger charge is -2.21. The fraction of sp³-hybridized carbons (Fsp3) is 0.238. The van der Waals surface area contributed by atoms with Gasteiger partial charge in [-0.25, -0.2) is 0 Å². The summed E-state index contributed by atoms with van der Waals surface area (Å²) in [4.78, 5) is 31.0. The van der Waals surface area contributed by atoms with Gasteiger partial charge in [-0.15, -0.1) is 0 Å². The van der Waals surface area contributed by atoms with E-state index in [4.69, 9.17) is 0 Å². The van der Waals surface area contributed by atoms with Gasteiger partial charge < -0.3 is 4.98 Å². The van der Waals surface area contributed by atoms with Gasteiger partial charge in [-0.3, -0.25) is 14.5 Å². The van der Waals surface area contributed by atoms with Gasteiger partial charge in [-0.2, -0.15) is 0 Å². The van der Waals surface area contributed by atoms with Crippen LogP contribution in [0, 0.1) is 5.92 Å². The second-order valence-electron chi connectivity index (χ2n) is 6.93. The van der Waals surface area contributed by atoms with Gasteiger partial charge in [-0.1, -0.05) is 48.5 Å². The van der Waals surface area contributed by atoms with Crippen molar-refractivity contribution in [2.45, 2.75) is 25.3 Å². The van der Waals surface area contributed by atoms with E-state index in [9.17, 15) is 9.59 Å². The highest BCUT2D eigenvalue weighted by Gasteiger charge is 2.51. The summed E-state index contributed by atoms with van der Waals surface area (Å²) in [6, 6.07) is 17.8. The zero-order valence-corrected chi connectivity index (χ0v) is 13.7. The van der Waals surface area contributed by atoms with Crippen molar-refractivity contribution in [2.24, 2.45) is 5.92 Å². The number of hydrogen-bond acceptors (Lipinski definition) is 2. The average Bonchev–Trinajstić information content (AvgIpc) is 3.13. The van der Waals surface area contributed by atoms with Crippen LogP contribution in [-0.2, 0) is 22.6 Å². The number of H-pyrrole nitrogens is 1. The van der Waals surface area contributed by atoms with Crippen LogP contribution in [-0.4, -0.2) is 21.7 Å². The van der Waals surface area contributed by atoms with Crippen LogP contribution in [0.3, 0.4) is 0 Å². The summed E-state index contributed by atoms with van der Waals surface area (Å²) in [7, 11) is 0. The molecule has 2 amide bonds. The molecule has 2 aliphatic rings. The number of amides is 2. The van der Waals surface area contributed by atoms with E-state index in [-0.39, 0.29) is 23.7 Å². The number of aromatic nitrogens is 1. The second kappa shape index (κ2) is 5.31. The molecule has 1 aromatic heterocycles. The van der Waals surface area contributed by atoms with Crippen molar-refractivity contribution >= 4 is 22.7 Å². The number of aryl methyl sites for hydroxylation is 1. The minimum absolute atomic E-state index is 0.0187. The van der Waals surface area contributed by atoms with Crippen molar-refractivity contribution < 1.29 is 9.59 Å². The van der Waals surface area contributed by atoms with Gasteiger partial charge in [0.2, 0.25) is 11.8 Å². The first kappa shape index (κ1) is 14.5. The third kappa shape index (κ3) is 2.07. The van der Waals surface area contributed by atoms with Crippen LogP contribution in [0.15, 0.2) is 54.6 Å². The Morgan fingerprint density at radius 2 is 1.72 bits per heavy atom. The average molecular weight is 330 g/mol. The molecular formula is C21H18N2O2. The molecule has 0 spiro atoms. The van der Waals surface area contributed by atoms with Gasteiger partial charge in [0.15, 0.2) is 0 Å². The van der Waals surface area contributed by atoms with Crippen LogP contribution in [0.2, 0.25) is 0 Å². The number of nitrogens with one attached hydrogen (secondary N) is 1. The van der Waals surface area contributed by atoms with Crippen molar-refractivity contribution in [3.8, 4) is 0 Å². The van der Waals surface area contributed by atoms with Crippen LogP contribution in [0.25, 0.3) is 10.9 Å². The van der Waals surface area contributed by atoms with E-state index >= 15 is 0 Å². The molecule has 2 aromatic carbocycles. The minimum atomic E-state index is -0.337. The predicted molar refractivity (Wildman–Crippen MR) is 94.8 cm³/mol. The Hall–Kier alpha value is -2.88. The molecule has 1 aliphatic heterocycles. The maximum Gasteiger partial charge on any atom is 0.237 e. The molecule has 25 heavy (non-hydrogen) atoms. The molecule has 4 nitrogen and oxygen atoms in total. The quantitative estimate of drug-likeness (QED) is 0.732. The summed E-state index contributed by atoms with van der Waals surface area (Å²) >= 11 is 0. The molecule has 1 saturated heterocycles. The Morgan fingerprint density at radius 1 is 0.960 bits per heavy atom. The molecular weight excluding hydrogens is 312 g/mol. The number of aromatic amines is 1. The topological polar surface area (TPSA) is 53.2 Å². The number of fused-ring (bicyclic) bond motifs is 5. The number of para-hydroxylation sites is 1. The number of hydrogen-bond donors (Lipinski definition) is 1. The predicted octanol–water partition coefficient (Wildman–Crippen LogP) is 3.38. The summed E-state index contributed by atoms with van der Waals surface area (Å²) in [5.41, 5.74) is 4.20. The summed E-state index contributed by atoms with van der Waals surface area (Å²) in [5, 5.41) is 1.08. The van der Waals surface area contributed by atoms with Crippen molar-refractivity contribution in [2.75, 3.05) is 0 Å². The number of imide groups is 1. The van der Waals surface area contributed by atoms with E-state index in [1.807, 2.05) is 54.6 Å². The molecule has 0 saturated carbocycles. The lowest BCUT2D eigenvalue weighted by molar-refractivity contribution is -0.140. The first-order valence-corrected chi connectivity index (χ1v) is 8.72. The van der Waals surface area contributed by atoms with E-state index in [0.29, 0.717) is 6.54 Å². The standard InChI is InChI=1S/C21H18N2O2/c24-20-15-10-11-17-18(14-8-4-5-9-16(14)22-17)19(15)21(25)23(20)12-13-6-2-1-3-7-13/h1-9,15,19,22H,10-12H2/t15-,19-/m0/s1. The lowest BCUT2D eigenvalue weighted by atomic mass is 9.78. The normalized spacial score (nSPS) is 22.3. The summed E-state index contributed by atoms with van der Waals surface area (Å²) in [6.07, 6.45) is 1.56. The Morgan fingerprint density at radius 3 is 2.56 bits per heavy atom. The number of nitrogens with zero attached hydrogens (tertiary/aromatic N) is 1. The highest BCUT2D eigenvalue weighted by Crippen LogP contribution is 2.46. The third-order valence-electron chi connectivity index (χ3n) is 5.55. The fourth-order valence-corrected chi connectivity index (χ4v) is 4.40.